The van der Waals surface area contributed by atoms with Gasteiger partial charge in [-0.15, -0.1) is 0 Å². The number of carbonyl (C=O) groups excluding carboxylic acids is 1. The predicted molar refractivity (Wildman–Crippen MR) is 105 cm³/mol. The van der Waals surface area contributed by atoms with Crippen LogP contribution >= 0.6 is 0 Å². The highest BCUT2D eigenvalue weighted by atomic mass is 16.5. The van der Waals surface area contributed by atoms with Crippen molar-refractivity contribution < 1.29 is 9.53 Å². The summed E-state index contributed by atoms with van der Waals surface area (Å²) in [5.41, 5.74) is 7.74. The average molecular weight is 381 g/mol. The highest BCUT2D eigenvalue weighted by molar-refractivity contribution is 5.97. The number of nitrogens with two attached hydrogens (primary N) is 1. The summed E-state index contributed by atoms with van der Waals surface area (Å²) >= 11 is 0. The number of amides is 1. The van der Waals surface area contributed by atoms with E-state index in [0.29, 0.717) is 54.5 Å². The first-order chi connectivity index (χ1) is 13.7. The molecule has 9 heteroatoms. The van der Waals surface area contributed by atoms with Gasteiger partial charge < -0.3 is 25.3 Å². The number of benzene rings is 1. The third-order valence-corrected chi connectivity index (χ3v) is 4.75. The number of nitrogens with one attached hydrogen (secondary N) is 1. The maximum Gasteiger partial charge on any atom is 0.257 e. The molecule has 0 aliphatic carbocycles. The molecule has 1 aliphatic heterocycles. The summed E-state index contributed by atoms with van der Waals surface area (Å²) in [5.74, 6) is 1.01. The fourth-order valence-electron chi connectivity index (χ4n) is 3.29. The SMILES string of the molecule is Nc1ncnc2c1ncn2CCCOc1ccccc1C(=O)N1CCNCC1. The van der Waals surface area contributed by atoms with Crippen LogP contribution in [-0.2, 0) is 6.54 Å². The lowest BCUT2D eigenvalue weighted by Gasteiger charge is -2.28. The second-order valence-electron chi connectivity index (χ2n) is 6.61. The maximum atomic E-state index is 12.8. The number of hydrogen-bond donors (Lipinski definition) is 2. The first kappa shape index (κ1) is 18.2. The van der Waals surface area contributed by atoms with Crippen LogP contribution in [0, 0.1) is 0 Å². The van der Waals surface area contributed by atoms with Crippen molar-refractivity contribution in [2.24, 2.45) is 0 Å². The Hall–Kier alpha value is -3.20. The maximum absolute atomic E-state index is 12.8. The molecule has 3 N–H and O–H groups in total. The number of aryl methyl sites for hydroxylation is 1. The Balaban J connectivity index is 1.37. The molecular weight excluding hydrogens is 358 g/mol. The fourth-order valence-corrected chi connectivity index (χ4v) is 3.29. The molecule has 4 rings (SSSR count). The number of imidazole rings is 1. The fraction of sp³-hybridized carbons (Fsp3) is 0.368. The molecule has 0 saturated carbocycles. The van der Waals surface area contributed by atoms with Crippen molar-refractivity contribution >= 4 is 22.9 Å². The van der Waals surface area contributed by atoms with Crippen molar-refractivity contribution in [3.8, 4) is 5.75 Å². The standard InChI is InChI=1S/C19H23N7O2/c20-17-16-18(23-12-22-17)26(13-24-16)8-3-11-28-15-5-2-1-4-14(15)19(27)25-9-6-21-7-10-25/h1-2,4-5,12-13,21H,3,6-11H2,(H2,20,22,23). The first-order valence-electron chi connectivity index (χ1n) is 9.37. The van der Waals surface area contributed by atoms with Crippen LogP contribution in [0.3, 0.4) is 0 Å². The molecule has 3 aromatic rings. The van der Waals surface area contributed by atoms with E-state index in [2.05, 4.69) is 20.3 Å². The molecule has 2 aromatic heterocycles. The number of nitrogens with zero attached hydrogens (tertiary/aromatic N) is 5. The average Bonchev–Trinajstić information content (AvgIpc) is 3.16. The molecule has 1 saturated heterocycles. The summed E-state index contributed by atoms with van der Waals surface area (Å²) in [6.45, 7) is 4.23. The molecule has 28 heavy (non-hydrogen) atoms. The van der Waals surface area contributed by atoms with Gasteiger partial charge >= 0.3 is 0 Å². The van der Waals surface area contributed by atoms with Gasteiger partial charge in [0.15, 0.2) is 11.5 Å². The van der Waals surface area contributed by atoms with Crippen LogP contribution in [0.25, 0.3) is 11.2 Å². The van der Waals surface area contributed by atoms with Gasteiger partial charge in [0, 0.05) is 32.7 Å². The minimum atomic E-state index is 0.0184. The van der Waals surface area contributed by atoms with Gasteiger partial charge in [-0.25, -0.2) is 15.0 Å². The molecular formula is C19H23N7O2. The van der Waals surface area contributed by atoms with Gasteiger partial charge in [-0.05, 0) is 18.6 Å². The van der Waals surface area contributed by atoms with Gasteiger partial charge in [0.1, 0.15) is 17.6 Å². The monoisotopic (exact) mass is 381 g/mol. The van der Waals surface area contributed by atoms with Crippen molar-refractivity contribution in [1.29, 1.82) is 0 Å². The minimum Gasteiger partial charge on any atom is -0.493 e. The van der Waals surface area contributed by atoms with E-state index in [9.17, 15) is 4.79 Å². The second-order valence-corrected chi connectivity index (χ2v) is 6.61. The molecule has 1 amide bonds. The Morgan fingerprint density at radius 1 is 1.18 bits per heavy atom. The van der Waals surface area contributed by atoms with Gasteiger partial charge in [-0.1, -0.05) is 12.1 Å². The van der Waals surface area contributed by atoms with Crippen molar-refractivity contribution in [2.75, 3.05) is 38.5 Å². The molecule has 0 spiro atoms. The van der Waals surface area contributed by atoms with Crippen molar-refractivity contribution in [2.45, 2.75) is 13.0 Å². The molecule has 1 aromatic carbocycles. The Morgan fingerprint density at radius 3 is 2.86 bits per heavy atom. The molecule has 146 valence electrons. The van der Waals surface area contributed by atoms with Gasteiger partial charge in [0.05, 0.1) is 18.5 Å². The van der Waals surface area contributed by atoms with Crippen LogP contribution in [0.5, 0.6) is 5.75 Å². The summed E-state index contributed by atoms with van der Waals surface area (Å²) in [4.78, 5) is 27.1. The first-order valence-corrected chi connectivity index (χ1v) is 9.37. The molecule has 1 fully saturated rings. The van der Waals surface area contributed by atoms with Crippen LogP contribution in [0.15, 0.2) is 36.9 Å². The van der Waals surface area contributed by atoms with Crippen molar-refractivity contribution in [1.82, 2.24) is 29.7 Å². The van der Waals surface area contributed by atoms with E-state index in [1.165, 1.54) is 6.33 Å². The summed E-state index contributed by atoms with van der Waals surface area (Å²) < 4.78 is 7.85. The van der Waals surface area contributed by atoms with Crippen LogP contribution in [0.1, 0.15) is 16.8 Å². The largest absolute Gasteiger partial charge is 0.493 e. The zero-order valence-electron chi connectivity index (χ0n) is 15.5. The highest BCUT2D eigenvalue weighted by Crippen LogP contribution is 2.21. The Morgan fingerprint density at radius 2 is 2.00 bits per heavy atom. The highest BCUT2D eigenvalue weighted by Gasteiger charge is 2.21. The molecule has 0 bridgehead atoms. The molecule has 3 heterocycles. The number of rotatable bonds is 6. The van der Waals surface area contributed by atoms with E-state index in [1.807, 2.05) is 33.7 Å². The van der Waals surface area contributed by atoms with Crippen LogP contribution in [0.4, 0.5) is 5.82 Å². The number of nitrogen functional groups attached to an aromatic ring is 1. The third kappa shape index (κ3) is 3.74. The Bertz CT molecular complexity index is 966. The number of aromatic nitrogens is 4. The quantitative estimate of drug-likeness (QED) is 0.611. The lowest BCUT2D eigenvalue weighted by Crippen LogP contribution is -2.46. The van der Waals surface area contributed by atoms with E-state index in [4.69, 9.17) is 10.5 Å². The van der Waals surface area contributed by atoms with Gasteiger partial charge in [0.2, 0.25) is 0 Å². The number of fused-ring (bicyclic) bond motifs is 1. The second kappa shape index (κ2) is 8.22. The predicted octanol–water partition coefficient (Wildman–Crippen LogP) is 0.923. The van der Waals surface area contributed by atoms with E-state index in [0.717, 1.165) is 19.5 Å². The Labute approximate surface area is 162 Å². The third-order valence-electron chi connectivity index (χ3n) is 4.75. The van der Waals surface area contributed by atoms with E-state index in [-0.39, 0.29) is 5.91 Å². The zero-order chi connectivity index (χ0) is 19.3. The number of ether oxygens (including phenoxy) is 1. The number of hydrogen-bond acceptors (Lipinski definition) is 7. The van der Waals surface area contributed by atoms with Gasteiger partial charge in [-0.3, -0.25) is 4.79 Å². The zero-order valence-corrected chi connectivity index (χ0v) is 15.5. The summed E-state index contributed by atoms with van der Waals surface area (Å²) in [5, 5.41) is 3.26. The number of piperazine rings is 1. The van der Waals surface area contributed by atoms with Crippen molar-refractivity contribution in [3.05, 3.63) is 42.5 Å². The molecule has 0 unspecified atom stereocenters. The smallest absolute Gasteiger partial charge is 0.257 e. The van der Waals surface area contributed by atoms with Crippen LogP contribution in [0.2, 0.25) is 0 Å². The van der Waals surface area contributed by atoms with Crippen molar-refractivity contribution in [3.63, 3.8) is 0 Å². The van der Waals surface area contributed by atoms with E-state index in [1.54, 1.807) is 6.33 Å². The summed E-state index contributed by atoms with van der Waals surface area (Å²) in [6.07, 6.45) is 3.88. The van der Waals surface area contributed by atoms with E-state index < -0.39 is 0 Å². The van der Waals surface area contributed by atoms with Gasteiger partial charge in [-0.2, -0.15) is 0 Å². The molecule has 9 nitrogen and oxygen atoms in total. The van der Waals surface area contributed by atoms with Crippen LogP contribution < -0.4 is 15.8 Å². The molecule has 0 atom stereocenters. The number of carbonyl (C=O) groups is 1. The summed E-state index contributed by atoms with van der Waals surface area (Å²) in [6, 6.07) is 7.41. The lowest BCUT2D eigenvalue weighted by atomic mass is 10.1. The lowest BCUT2D eigenvalue weighted by molar-refractivity contribution is 0.0731. The normalized spacial score (nSPS) is 14.4. The topological polar surface area (TPSA) is 111 Å². The molecule has 1 aliphatic rings. The van der Waals surface area contributed by atoms with Crippen LogP contribution in [-0.4, -0.2) is 63.1 Å². The number of para-hydroxylation sites is 1. The van der Waals surface area contributed by atoms with Gasteiger partial charge in [0.25, 0.3) is 5.91 Å². The summed E-state index contributed by atoms with van der Waals surface area (Å²) in [7, 11) is 0. The van der Waals surface area contributed by atoms with E-state index >= 15 is 0 Å². The number of anilines is 1. The molecule has 0 radical (unpaired) electrons. The Kier molecular flexibility index (Phi) is 5.34. The minimum absolute atomic E-state index is 0.0184.